The summed E-state index contributed by atoms with van der Waals surface area (Å²) in [5.41, 5.74) is 2.24. The highest BCUT2D eigenvalue weighted by Gasteiger charge is 2.28. The second-order valence-electron chi connectivity index (χ2n) is 3.10. The summed E-state index contributed by atoms with van der Waals surface area (Å²) in [7, 11) is 0. The number of aliphatic hydroxyl groups is 1. The van der Waals surface area contributed by atoms with Crippen molar-refractivity contribution in [3.8, 4) is 0 Å². The van der Waals surface area contributed by atoms with E-state index in [4.69, 9.17) is 5.11 Å². The van der Waals surface area contributed by atoms with Gasteiger partial charge in [-0.3, -0.25) is 0 Å². The van der Waals surface area contributed by atoms with Gasteiger partial charge in [0.15, 0.2) is 0 Å². The predicted octanol–water partition coefficient (Wildman–Crippen LogP) is 1.82. The maximum absolute atomic E-state index is 12.6. The lowest BCUT2D eigenvalue weighted by Crippen LogP contribution is -2.12. The summed E-state index contributed by atoms with van der Waals surface area (Å²) in [6.45, 7) is 3.92. The first-order valence-corrected chi connectivity index (χ1v) is 3.58. The Labute approximate surface area is 60.6 Å². The standard InChI is InChI=1S/C8H13FO/c1-5(2)6-3-7(9)8(10)4-6/h7-8,10H,3-4H2,1-2H3. The van der Waals surface area contributed by atoms with Crippen LogP contribution in [0.15, 0.2) is 11.1 Å². The third kappa shape index (κ3) is 1.37. The zero-order valence-corrected chi connectivity index (χ0v) is 6.39. The second kappa shape index (κ2) is 2.70. The SMILES string of the molecule is CC(C)=C1CC(O)C(F)C1. The molecule has 1 rings (SSSR count). The molecule has 0 aromatic rings. The maximum Gasteiger partial charge on any atom is 0.130 e. The molecule has 0 saturated heterocycles. The van der Waals surface area contributed by atoms with Gasteiger partial charge in [-0.2, -0.15) is 0 Å². The van der Waals surface area contributed by atoms with E-state index in [0.717, 1.165) is 11.1 Å². The van der Waals surface area contributed by atoms with Crippen molar-refractivity contribution in [2.45, 2.75) is 39.0 Å². The molecule has 2 unspecified atom stereocenters. The van der Waals surface area contributed by atoms with Crippen molar-refractivity contribution in [1.82, 2.24) is 0 Å². The van der Waals surface area contributed by atoms with Crippen LogP contribution in [0.2, 0.25) is 0 Å². The van der Waals surface area contributed by atoms with Gasteiger partial charge in [0.25, 0.3) is 0 Å². The van der Waals surface area contributed by atoms with E-state index in [1.165, 1.54) is 0 Å². The van der Waals surface area contributed by atoms with E-state index in [-0.39, 0.29) is 0 Å². The van der Waals surface area contributed by atoms with Crippen molar-refractivity contribution in [3.05, 3.63) is 11.1 Å². The third-order valence-corrected chi connectivity index (χ3v) is 2.02. The fourth-order valence-electron chi connectivity index (χ4n) is 1.24. The summed E-state index contributed by atoms with van der Waals surface area (Å²) in [5, 5.41) is 9.01. The van der Waals surface area contributed by atoms with Gasteiger partial charge < -0.3 is 5.11 Å². The first kappa shape index (κ1) is 7.73. The Kier molecular flexibility index (Phi) is 2.09. The van der Waals surface area contributed by atoms with Crippen LogP contribution in [-0.4, -0.2) is 17.4 Å². The van der Waals surface area contributed by atoms with Crippen LogP contribution < -0.4 is 0 Å². The van der Waals surface area contributed by atoms with Crippen LogP contribution in [0.25, 0.3) is 0 Å². The van der Waals surface area contributed by atoms with Gasteiger partial charge in [-0.05, 0) is 20.3 Å². The van der Waals surface area contributed by atoms with Crippen molar-refractivity contribution in [2.24, 2.45) is 0 Å². The summed E-state index contributed by atoms with van der Waals surface area (Å²) < 4.78 is 12.6. The number of aliphatic hydroxyl groups excluding tert-OH is 1. The van der Waals surface area contributed by atoms with Gasteiger partial charge in [-0.25, -0.2) is 4.39 Å². The lowest BCUT2D eigenvalue weighted by atomic mass is 10.1. The monoisotopic (exact) mass is 144 g/mol. The first-order valence-electron chi connectivity index (χ1n) is 3.58. The number of alkyl halides is 1. The zero-order chi connectivity index (χ0) is 7.72. The molecule has 1 saturated carbocycles. The average Bonchev–Trinajstić information content (AvgIpc) is 2.13. The normalized spacial score (nSPS) is 33.0. The molecule has 0 aromatic heterocycles. The molecule has 10 heavy (non-hydrogen) atoms. The highest BCUT2D eigenvalue weighted by atomic mass is 19.1. The fraction of sp³-hybridized carbons (Fsp3) is 0.750. The molecule has 1 N–H and O–H groups in total. The largest absolute Gasteiger partial charge is 0.390 e. The van der Waals surface area contributed by atoms with Crippen molar-refractivity contribution in [2.75, 3.05) is 0 Å². The maximum atomic E-state index is 12.6. The highest BCUT2D eigenvalue weighted by molar-refractivity contribution is 5.17. The van der Waals surface area contributed by atoms with E-state index in [9.17, 15) is 4.39 Å². The molecule has 0 aromatic carbocycles. The highest BCUT2D eigenvalue weighted by Crippen LogP contribution is 2.29. The Morgan fingerprint density at radius 2 is 2.10 bits per heavy atom. The molecular weight excluding hydrogens is 131 g/mol. The van der Waals surface area contributed by atoms with Crippen molar-refractivity contribution in [3.63, 3.8) is 0 Å². The van der Waals surface area contributed by atoms with Crippen LogP contribution in [-0.2, 0) is 0 Å². The van der Waals surface area contributed by atoms with E-state index in [2.05, 4.69) is 0 Å². The lowest BCUT2D eigenvalue weighted by molar-refractivity contribution is 0.103. The third-order valence-electron chi connectivity index (χ3n) is 2.02. The molecule has 2 atom stereocenters. The van der Waals surface area contributed by atoms with Crippen LogP contribution >= 0.6 is 0 Å². The number of rotatable bonds is 0. The van der Waals surface area contributed by atoms with Gasteiger partial charge in [-0.1, -0.05) is 11.1 Å². The number of hydrogen-bond acceptors (Lipinski definition) is 1. The first-order chi connectivity index (χ1) is 4.61. The Morgan fingerprint density at radius 3 is 2.30 bits per heavy atom. The summed E-state index contributed by atoms with van der Waals surface area (Å²) in [6.07, 6.45) is -0.803. The van der Waals surface area contributed by atoms with Crippen LogP contribution in [0.5, 0.6) is 0 Å². The molecule has 2 heteroatoms. The Hall–Kier alpha value is -0.370. The van der Waals surface area contributed by atoms with Gasteiger partial charge in [0, 0.05) is 6.42 Å². The van der Waals surface area contributed by atoms with E-state index in [0.29, 0.717) is 12.8 Å². The van der Waals surface area contributed by atoms with Gasteiger partial charge in [0.1, 0.15) is 6.17 Å². The molecule has 1 fully saturated rings. The van der Waals surface area contributed by atoms with Crippen LogP contribution in [0.3, 0.4) is 0 Å². The van der Waals surface area contributed by atoms with E-state index in [1.807, 2.05) is 13.8 Å². The van der Waals surface area contributed by atoms with Crippen molar-refractivity contribution >= 4 is 0 Å². The van der Waals surface area contributed by atoms with Crippen molar-refractivity contribution < 1.29 is 9.50 Å². The zero-order valence-electron chi connectivity index (χ0n) is 6.39. The topological polar surface area (TPSA) is 20.2 Å². The summed E-state index contributed by atoms with van der Waals surface area (Å²) in [4.78, 5) is 0. The predicted molar refractivity (Wildman–Crippen MR) is 38.5 cm³/mol. The van der Waals surface area contributed by atoms with E-state index < -0.39 is 12.3 Å². The number of hydrogen-bond donors (Lipinski definition) is 1. The Balaban J connectivity index is 2.66. The Morgan fingerprint density at radius 1 is 1.50 bits per heavy atom. The van der Waals surface area contributed by atoms with Crippen LogP contribution in [0.4, 0.5) is 4.39 Å². The summed E-state index contributed by atoms with van der Waals surface area (Å²) >= 11 is 0. The minimum atomic E-state index is -1.02. The number of halogens is 1. The second-order valence-corrected chi connectivity index (χ2v) is 3.10. The van der Waals surface area contributed by atoms with Gasteiger partial charge >= 0.3 is 0 Å². The molecular formula is C8H13FO. The Bertz CT molecular complexity index is 147. The molecule has 58 valence electrons. The quantitative estimate of drug-likeness (QED) is 0.514. The minimum absolute atomic E-state index is 0.434. The van der Waals surface area contributed by atoms with Gasteiger partial charge in [0.05, 0.1) is 6.10 Å². The number of allylic oxidation sites excluding steroid dienone is 1. The van der Waals surface area contributed by atoms with E-state index in [1.54, 1.807) is 0 Å². The molecule has 1 aliphatic carbocycles. The molecule has 0 spiro atoms. The van der Waals surface area contributed by atoms with E-state index >= 15 is 0 Å². The fourth-order valence-corrected chi connectivity index (χ4v) is 1.24. The summed E-state index contributed by atoms with van der Waals surface area (Å²) in [6, 6.07) is 0. The molecule has 0 bridgehead atoms. The van der Waals surface area contributed by atoms with Gasteiger partial charge in [-0.15, -0.1) is 0 Å². The lowest BCUT2D eigenvalue weighted by Gasteiger charge is -1.99. The van der Waals surface area contributed by atoms with Gasteiger partial charge in [0.2, 0.25) is 0 Å². The molecule has 0 amide bonds. The minimum Gasteiger partial charge on any atom is -0.390 e. The molecule has 0 radical (unpaired) electrons. The molecule has 0 heterocycles. The summed E-state index contributed by atoms with van der Waals surface area (Å²) in [5.74, 6) is 0. The van der Waals surface area contributed by atoms with Crippen molar-refractivity contribution in [1.29, 1.82) is 0 Å². The van der Waals surface area contributed by atoms with Crippen LogP contribution in [0.1, 0.15) is 26.7 Å². The molecule has 0 aliphatic heterocycles. The van der Waals surface area contributed by atoms with Crippen LogP contribution in [0, 0.1) is 0 Å². The molecule has 1 nitrogen and oxygen atoms in total. The molecule has 1 aliphatic rings. The average molecular weight is 144 g/mol. The smallest absolute Gasteiger partial charge is 0.130 e.